The molecular formula is C9H19NO8S2. The highest BCUT2D eigenvalue weighted by atomic mass is 32.2. The van der Waals surface area contributed by atoms with E-state index in [1.807, 2.05) is 0 Å². The highest BCUT2D eigenvalue weighted by molar-refractivity contribution is 7.86. The molecule has 0 aliphatic rings. The van der Waals surface area contributed by atoms with Crippen LogP contribution >= 0.6 is 0 Å². The van der Waals surface area contributed by atoms with Gasteiger partial charge in [0.1, 0.15) is 12.6 Å². The number of carboxylic acid groups (broad SMARTS) is 1. The van der Waals surface area contributed by atoms with Gasteiger partial charge in [0.2, 0.25) is 0 Å². The number of carbonyl (C=O) groups is 1. The Kier molecular flexibility index (Phi) is 6.11. The van der Waals surface area contributed by atoms with Crippen LogP contribution in [0.3, 0.4) is 0 Å². The lowest BCUT2D eigenvalue weighted by molar-refractivity contribution is -0.873. The molecule has 20 heavy (non-hydrogen) atoms. The molecule has 0 saturated carbocycles. The predicted molar refractivity (Wildman–Crippen MR) is 67.3 cm³/mol. The quantitative estimate of drug-likeness (QED) is 0.343. The SMILES string of the molecule is C[N+](C)(C)CC(OS(C)(=O)=O)[C@H](OS(C)(=O)=O)C(=O)[O-]. The number of likely N-dealkylation sites (N-methyl/N-ethyl adjacent to an activating group) is 1. The molecule has 0 rings (SSSR count). The van der Waals surface area contributed by atoms with Crippen LogP contribution in [0.1, 0.15) is 0 Å². The lowest BCUT2D eigenvalue weighted by Crippen LogP contribution is -2.54. The largest absolute Gasteiger partial charge is 0.547 e. The maximum atomic E-state index is 11.2. The molecule has 0 saturated heterocycles. The zero-order chi connectivity index (χ0) is 16.4. The summed E-state index contributed by atoms with van der Waals surface area (Å²) in [6.45, 7) is -0.124. The van der Waals surface area contributed by atoms with E-state index in [9.17, 15) is 26.7 Å². The zero-order valence-corrected chi connectivity index (χ0v) is 13.5. The van der Waals surface area contributed by atoms with Crippen molar-refractivity contribution in [3.8, 4) is 0 Å². The Morgan fingerprint density at radius 1 is 1.05 bits per heavy atom. The van der Waals surface area contributed by atoms with E-state index in [0.717, 1.165) is 6.26 Å². The molecule has 0 amide bonds. The van der Waals surface area contributed by atoms with Crippen molar-refractivity contribution in [2.24, 2.45) is 0 Å². The van der Waals surface area contributed by atoms with E-state index < -0.39 is 38.4 Å². The highest BCUT2D eigenvalue weighted by Crippen LogP contribution is 2.13. The Balaban J connectivity index is 5.47. The molecule has 0 fully saturated rings. The number of carbonyl (C=O) groups excluding carboxylic acids is 1. The zero-order valence-electron chi connectivity index (χ0n) is 11.9. The first-order valence-corrected chi connectivity index (χ1v) is 9.02. The van der Waals surface area contributed by atoms with Gasteiger partial charge < -0.3 is 14.4 Å². The molecule has 11 heteroatoms. The molecule has 0 aromatic heterocycles. The van der Waals surface area contributed by atoms with Crippen molar-refractivity contribution in [1.82, 2.24) is 0 Å². The van der Waals surface area contributed by atoms with E-state index in [1.165, 1.54) is 0 Å². The molecule has 2 atom stereocenters. The summed E-state index contributed by atoms with van der Waals surface area (Å²) < 4.78 is 53.6. The summed E-state index contributed by atoms with van der Waals surface area (Å²) in [6, 6.07) is 0. The number of hydrogen-bond donors (Lipinski definition) is 0. The van der Waals surface area contributed by atoms with Gasteiger partial charge in [-0.15, -0.1) is 0 Å². The molecule has 0 aliphatic carbocycles. The lowest BCUT2D eigenvalue weighted by Gasteiger charge is -2.32. The van der Waals surface area contributed by atoms with Crippen molar-refractivity contribution in [3.05, 3.63) is 0 Å². The average molecular weight is 333 g/mol. The summed E-state index contributed by atoms with van der Waals surface area (Å²) in [5.74, 6) is -1.88. The molecule has 0 aromatic carbocycles. The van der Waals surface area contributed by atoms with Gasteiger partial charge in [-0.05, 0) is 0 Å². The van der Waals surface area contributed by atoms with Crippen molar-refractivity contribution in [2.45, 2.75) is 12.2 Å². The lowest BCUT2D eigenvalue weighted by atomic mass is 10.2. The van der Waals surface area contributed by atoms with Crippen LogP contribution in [-0.4, -0.2) is 79.7 Å². The van der Waals surface area contributed by atoms with Crippen molar-refractivity contribution < 1.29 is 39.6 Å². The molecule has 1 unspecified atom stereocenters. The fourth-order valence-corrected chi connectivity index (χ4v) is 2.57. The van der Waals surface area contributed by atoms with Gasteiger partial charge in [0.25, 0.3) is 20.2 Å². The first-order chi connectivity index (χ1) is 8.61. The van der Waals surface area contributed by atoms with Crippen LogP contribution in [0.4, 0.5) is 0 Å². The fourth-order valence-electron chi connectivity index (χ4n) is 1.38. The molecule has 0 radical (unpaired) electrons. The minimum absolute atomic E-state index is 0.122. The summed E-state index contributed by atoms with van der Waals surface area (Å²) in [4.78, 5) is 11.0. The van der Waals surface area contributed by atoms with Gasteiger partial charge in [-0.2, -0.15) is 16.8 Å². The Morgan fingerprint density at radius 2 is 1.45 bits per heavy atom. The Labute approximate surface area is 118 Å². The summed E-state index contributed by atoms with van der Waals surface area (Å²) in [5.41, 5.74) is 0. The number of quaternary nitrogens is 1. The molecule has 120 valence electrons. The van der Waals surface area contributed by atoms with Gasteiger partial charge in [0.15, 0.2) is 6.10 Å². The second-order valence-electron chi connectivity index (χ2n) is 5.35. The maximum absolute atomic E-state index is 11.2. The Morgan fingerprint density at radius 3 is 1.70 bits per heavy atom. The number of aliphatic carboxylic acids is 1. The topological polar surface area (TPSA) is 127 Å². The van der Waals surface area contributed by atoms with E-state index in [4.69, 9.17) is 0 Å². The second kappa shape index (κ2) is 6.35. The normalized spacial score (nSPS) is 16.6. The van der Waals surface area contributed by atoms with E-state index in [1.54, 1.807) is 21.1 Å². The predicted octanol–water partition coefficient (Wildman–Crippen LogP) is -2.87. The van der Waals surface area contributed by atoms with Gasteiger partial charge in [-0.3, -0.25) is 8.37 Å². The van der Waals surface area contributed by atoms with Gasteiger partial charge in [0.05, 0.1) is 39.6 Å². The number of rotatable bonds is 8. The molecule has 0 aliphatic heterocycles. The molecule has 9 nitrogen and oxygen atoms in total. The first-order valence-electron chi connectivity index (χ1n) is 5.38. The molecular weight excluding hydrogens is 314 g/mol. The summed E-state index contributed by atoms with van der Waals surface area (Å²) in [6.07, 6.45) is -2.23. The van der Waals surface area contributed by atoms with E-state index in [0.29, 0.717) is 6.26 Å². The first kappa shape index (κ1) is 19.2. The number of hydrogen-bond acceptors (Lipinski definition) is 8. The fraction of sp³-hybridized carbons (Fsp3) is 0.889. The average Bonchev–Trinajstić information content (AvgIpc) is 2.06. The van der Waals surface area contributed by atoms with E-state index >= 15 is 0 Å². The van der Waals surface area contributed by atoms with Crippen LogP contribution in [0.2, 0.25) is 0 Å². The minimum atomic E-state index is -4.13. The van der Waals surface area contributed by atoms with Gasteiger partial charge in [0, 0.05) is 0 Å². The van der Waals surface area contributed by atoms with Crippen molar-refractivity contribution in [3.63, 3.8) is 0 Å². The third-order valence-electron chi connectivity index (χ3n) is 1.87. The van der Waals surface area contributed by atoms with Gasteiger partial charge in [-0.1, -0.05) is 0 Å². The summed E-state index contributed by atoms with van der Waals surface area (Å²) in [5, 5.41) is 11.0. The van der Waals surface area contributed by atoms with Crippen molar-refractivity contribution in [2.75, 3.05) is 40.2 Å². The van der Waals surface area contributed by atoms with Crippen molar-refractivity contribution in [1.29, 1.82) is 0 Å². The number of carboxylic acids is 1. The van der Waals surface area contributed by atoms with Crippen LogP contribution in [0, 0.1) is 0 Å². The van der Waals surface area contributed by atoms with E-state index in [2.05, 4.69) is 8.37 Å². The summed E-state index contributed by atoms with van der Waals surface area (Å²) in [7, 11) is -3.20. The van der Waals surface area contributed by atoms with Crippen LogP contribution < -0.4 is 5.11 Å². The van der Waals surface area contributed by atoms with Crippen LogP contribution in [0.15, 0.2) is 0 Å². The minimum Gasteiger partial charge on any atom is -0.547 e. The van der Waals surface area contributed by atoms with E-state index in [-0.39, 0.29) is 11.0 Å². The van der Waals surface area contributed by atoms with Gasteiger partial charge in [-0.25, -0.2) is 0 Å². The van der Waals surface area contributed by atoms with Crippen LogP contribution in [0.5, 0.6) is 0 Å². The smallest absolute Gasteiger partial charge is 0.265 e. The maximum Gasteiger partial charge on any atom is 0.265 e. The molecule has 0 N–H and O–H groups in total. The molecule has 0 heterocycles. The Hall–Kier alpha value is -0.750. The monoisotopic (exact) mass is 333 g/mol. The molecule has 0 aromatic rings. The highest BCUT2D eigenvalue weighted by Gasteiger charge is 2.35. The van der Waals surface area contributed by atoms with Gasteiger partial charge >= 0.3 is 0 Å². The third-order valence-corrected chi connectivity index (χ3v) is 3.03. The standard InChI is InChI=1S/C9H19NO8S2/c1-10(2,3)6-7(17-19(4,13)14)8(9(11)12)18-20(5,15)16/h7-8H,6H2,1-5H3/t7?,8-/m0/s1. The Bertz CT molecular complexity index is 545. The molecule has 0 spiro atoms. The van der Waals surface area contributed by atoms with Crippen LogP contribution in [0.25, 0.3) is 0 Å². The van der Waals surface area contributed by atoms with Crippen molar-refractivity contribution >= 4 is 26.2 Å². The summed E-state index contributed by atoms with van der Waals surface area (Å²) >= 11 is 0. The second-order valence-corrected chi connectivity index (χ2v) is 8.55. The third kappa shape index (κ3) is 9.20. The number of nitrogens with zero attached hydrogens (tertiary/aromatic N) is 1. The van der Waals surface area contributed by atoms with Crippen LogP contribution in [-0.2, 0) is 33.4 Å². The molecule has 0 bridgehead atoms.